The van der Waals surface area contributed by atoms with E-state index in [9.17, 15) is 9.18 Å². The summed E-state index contributed by atoms with van der Waals surface area (Å²) >= 11 is 3.52. The zero-order valence-electron chi connectivity index (χ0n) is 12.9. The highest BCUT2D eigenvalue weighted by atomic mass is 79.9. The van der Waals surface area contributed by atoms with Crippen molar-refractivity contribution in [3.05, 3.63) is 68.9 Å². The Hall–Kier alpha value is -1.68. The second-order valence-corrected chi connectivity index (χ2v) is 7.41. The number of carbonyl (C=O) groups is 1. The topological polar surface area (TPSA) is 20.3 Å². The summed E-state index contributed by atoms with van der Waals surface area (Å²) in [7, 11) is 0. The van der Waals surface area contributed by atoms with Crippen LogP contribution in [0.15, 0.2) is 40.9 Å². The van der Waals surface area contributed by atoms with Crippen LogP contribution in [0.3, 0.4) is 0 Å². The second-order valence-electron chi connectivity index (χ2n) is 6.49. The monoisotopic (exact) mass is 373 g/mol. The number of hydrogen-bond donors (Lipinski definition) is 0. The van der Waals surface area contributed by atoms with Crippen molar-refractivity contribution in [2.24, 2.45) is 0 Å². The maximum atomic E-state index is 14.2. The summed E-state index contributed by atoms with van der Waals surface area (Å²) < 4.78 is 15.2. The lowest BCUT2D eigenvalue weighted by atomic mass is 9.92. The molecule has 2 atom stereocenters. The summed E-state index contributed by atoms with van der Waals surface area (Å²) in [5.74, 6) is -0.607. The van der Waals surface area contributed by atoms with Gasteiger partial charge in [0.1, 0.15) is 5.82 Å². The molecule has 4 rings (SSSR count). The van der Waals surface area contributed by atoms with E-state index in [0.29, 0.717) is 0 Å². The lowest BCUT2D eigenvalue weighted by Crippen LogP contribution is -2.42. The largest absolute Gasteiger partial charge is 0.328 e. The third-order valence-electron chi connectivity index (χ3n) is 5.01. The van der Waals surface area contributed by atoms with Gasteiger partial charge >= 0.3 is 0 Å². The van der Waals surface area contributed by atoms with Crippen LogP contribution in [-0.4, -0.2) is 16.8 Å². The molecule has 23 heavy (non-hydrogen) atoms. The van der Waals surface area contributed by atoms with Crippen molar-refractivity contribution in [3.8, 4) is 0 Å². The summed E-state index contributed by atoms with van der Waals surface area (Å²) in [5, 5.41) is 0. The van der Waals surface area contributed by atoms with Gasteiger partial charge in [0, 0.05) is 10.5 Å². The van der Waals surface area contributed by atoms with Crippen LogP contribution < -0.4 is 0 Å². The molecule has 2 bridgehead atoms. The van der Waals surface area contributed by atoms with Gasteiger partial charge in [-0.25, -0.2) is 4.39 Å². The number of benzene rings is 2. The van der Waals surface area contributed by atoms with E-state index < -0.39 is 5.82 Å². The fourth-order valence-electron chi connectivity index (χ4n) is 3.95. The maximum absolute atomic E-state index is 14.2. The Bertz CT molecular complexity index is 804. The number of carbonyl (C=O) groups excluding carboxylic acids is 1. The minimum absolute atomic E-state index is 0.0636. The quantitative estimate of drug-likeness (QED) is 0.702. The molecule has 2 aliphatic rings. The SMILES string of the molecule is Cc1ccc(F)c(C(=O)N2C3CC[C@@H]2Cc2ccc(Br)cc23)c1. The van der Waals surface area contributed by atoms with Gasteiger partial charge < -0.3 is 4.90 Å². The number of amides is 1. The summed E-state index contributed by atoms with van der Waals surface area (Å²) in [4.78, 5) is 14.9. The molecule has 0 spiro atoms. The Kier molecular flexibility index (Phi) is 3.52. The average Bonchev–Trinajstić information content (AvgIpc) is 2.85. The van der Waals surface area contributed by atoms with Crippen LogP contribution in [0, 0.1) is 12.7 Å². The molecule has 1 unspecified atom stereocenters. The van der Waals surface area contributed by atoms with Crippen molar-refractivity contribution in [2.45, 2.75) is 38.3 Å². The van der Waals surface area contributed by atoms with E-state index in [2.05, 4.69) is 34.1 Å². The smallest absolute Gasteiger partial charge is 0.257 e. The van der Waals surface area contributed by atoms with Gasteiger partial charge in [0.2, 0.25) is 0 Å². The molecule has 2 aromatic rings. The Balaban J connectivity index is 1.76. The lowest BCUT2D eigenvalue weighted by Gasteiger charge is -2.36. The second kappa shape index (κ2) is 5.45. The molecule has 118 valence electrons. The highest BCUT2D eigenvalue weighted by Crippen LogP contribution is 2.45. The van der Waals surface area contributed by atoms with Gasteiger partial charge in [-0.2, -0.15) is 0 Å². The van der Waals surface area contributed by atoms with Gasteiger partial charge in [-0.15, -0.1) is 0 Å². The van der Waals surface area contributed by atoms with Crippen molar-refractivity contribution in [1.29, 1.82) is 0 Å². The molecule has 2 aromatic carbocycles. The average molecular weight is 374 g/mol. The van der Waals surface area contributed by atoms with Crippen molar-refractivity contribution >= 4 is 21.8 Å². The van der Waals surface area contributed by atoms with Crippen molar-refractivity contribution in [2.75, 3.05) is 0 Å². The molecule has 0 N–H and O–H groups in total. The molecular formula is C19H17BrFNO. The zero-order valence-corrected chi connectivity index (χ0v) is 14.4. The number of hydrogen-bond acceptors (Lipinski definition) is 1. The minimum Gasteiger partial charge on any atom is -0.328 e. The van der Waals surface area contributed by atoms with Crippen LogP contribution in [0.5, 0.6) is 0 Å². The highest BCUT2D eigenvalue weighted by molar-refractivity contribution is 9.10. The molecule has 1 amide bonds. The first kappa shape index (κ1) is 14.9. The number of fused-ring (bicyclic) bond motifs is 4. The first-order chi connectivity index (χ1) is 11.0. The van der Waals surface area contributed by atoms with Gasteiger partial charge in [-0.1, -0.05) is 33.6 Å². The van der Waals surface area contributed by atoms with Crippen LogP contribution >= 0.6 is 15.9 Å². The van der Waals surface area contributed by atoms with Crippen LogP contribution in [0.4, 0.5) is 4.39 Å². The third-order valence-corrected chi connectivity index (χ3v) is 5.50. The molecular weight excluding hydrogens is 357 g/mol. The van der Waals surface area contributed by atoms with Crippen LogP contribution in [0.1, 0.15) is 45.9 Å². The molecule has 0 aliphatic carbocycles. The number of halogens is 2. The van der Waals surface area contributed by atoms with E-state index in [1.807, 2.05) is 11.8 Å². The van der Waals surface area contributed by atoms with Crippen molar-refractivity contribution in [3.63, 3.8) is 0 Å². The normalized spacial score (nSPS) is 22.1. The van der Waals surface area contributed by atoms with Gasteiger partial charge in [-0.05, 0) is 61.6 Å². The maximum Gasteiger partial charge on any atom is 0.257 e. The van der Waals surface area contributed by atoms with Crippen molar-refractivity contribution < 1.29 is 9.18 Å². The third kappa shape index (κ3) is 2.40. The molecule has 2 heterocycles. The van der Waals surface area contributed by atoms with Gasteiger partial charge in [-0.3, -0.25) is 4.79 Å². The molecule has 1 saturated heterocycles. The van der Waals surface area contributed by atoms with Gasteiger partial charge in [0.25, 0.3) is 5.91 Å². The number of nitrogens with zero attached hydrogens (tertiary/aromatic N) is 1. The van der Waals surface area contributed by atoms with Crippen molar-refractivity contribution in [1.82, 2.24) is 4.90 Å². The Morgan fingerprint density at radius 3 is 2.87 bits per heavy atom. The van der Waals surface area contributed by atoms with E-state index in [0.717, 1.165) is 29.3 Å². The molecule has 0 radical (unpaired) electrons. The fourth-order valence-corrected chi connectivity index (χ4v) is 4.33. The van der Waals surface area contributed by atoms with E-state index in [1.165, 1.54) is 17.2 Å². The van der Waals surface area contributed by atoms with Gasteiger partial charge in [0.05, 0.1) is 11.6 Å². The summed E-state index contributed by atoms with van der Waals surface area (Å²) in [6.45, 7) is 1.88. The number of aryl methyl sites for hydroxylation is 1. The number of rotatable bonds is 1. The van der Waals surface area contributed by atoms with E-state index in [4.69, 9.17) is 0 Å². The molecule has 0 saturated carbocycles. The summed E-state index contributed by atoms with van der Waals surface area (Å²) in [6.07, 6.45) is 2.79. The predicted molar refractivity (Wildman–Crippen MR) is 90.9 cm³/mol. The van der Waals surface area contributed by atoms with E-state index >= 15 is 0 Å². The lowest BCUT2D eigenvalue weighted by molar-refractivity contribution is 0.0641. The summed E-state index contributed by atoms with van der Waals surface area (Å²) in [5.41, 5.74) is 3.62. The Labute approximate surface area is 143 Å². The summed E-state index contributed by atoms with van der Waals surface area (Å²) in [6, 6.07) is 11.3. The first-order valence-electron chi connectivity index (χ1n) is 7.92. The molecule has 1 fully saturated rings. The molecule has 0 aromatic heterocycles. The highest BCUT2D eigenvalue weighted by Gasteiger charge is 2.43. The van der Waals surface area contributed by atoms with E-state index in [-0.39, 0.29) is 23.6 Å². The Morgan fingerprint density at radius 1 is 1.22 bits per heavy atom. The zero-order chi connectivity index (χ0) is 16.1. The standard InChI is InChI=1S/C19H17BrFNO/c1-11-2-6-17(21)16(8-11)19(23)22-14-5-7-18(22)15-10-13(20)4-3-12(15)9-14/h2-4,6,8,10,14,18H,5,7,9H2,1H3/t14-,18?/m1/s1. The van der Waals surface area contributed by atoms with Gasteiger partial charge in [0.15, 0.2) is 0 Å². The van der Waals surface area contributed by atoms with Crippen LogP contribution in [0.25, 0.3) is 0 Å². The minimum atomic E-state index is -0.431. The first-order valence-corrected chi connectivity index (χ1v) is 8.71. The molecule has 2 nitrogen and oxygen atoms in total. The molecule has 2 aliphatic heterocycles. The predicted octanol–water partition coefficient (Wildman–Crippen LogP) is 4.80. The fraction of sp³-hybridized carbons (Fsp3) is 0.316. The molecule has 4 heteroatoms. The van der Waals surface area contributed by atoms with Crippen LogP contribution in [0.2, 0.25) is 0 Å². The Morgan fingerprint density at radius 2 is 2.04 bits per heavy atom. The van der Waals surface area contributed by atoms with Crippen LogP contribution in [-0.2, 0) is 6.42 Å². The van der Waals surface area contributed by atoms with E-state index in [1.54, 1.807) is 12.1 Å².